The van der Waals surface area contributed by atoms with Crippen LogP contribution in [0.4, 0.5) is 11.4 Å². The van der Waals surface area contributed by atoms with Crippen molar-refractivity contribution in [2.75, 3.05) is 16.3 Å². The predicted molar refractivity (Wildman–Crippen MR) is 116 cm³/mol. The van der Waals surface area contributed by atoms with Crippen molar-refractivity contribution in [3.05, 3.63) is 90.3 Å². The third-order valence-electron chi connectivity index (χ3n) is 4.75. The molecule has 0 saturated carbocycles. The molecule has 0 radical (unpaired) electrons. The Morgan fingerprint density at radius 1 is 0.893 bits per heavy atom. The van der Waals surface area contributed by atoms with Gasteiger partial charge >= 0.3 is 0 Å². The van der Waals surface area contributed by atoms with E-state index in [2.05, 4.69) is 48.0 Å². The summed E-state index contributed by atoms with van der Waals surface area (Å²) in [6.07, 6.45) is 1.80. The Labute approximate surface area is 167 Å². The van der Waals surface area contributed by atoms with Crippen LogP contribution in [0, 0.1) is 0 Å². The van der Waals surface area contributed by atoms with Crippen molar-refractivity contribution in [1.82, 2.24) is 4.98 Å². The number of anilines is 2. The van der Waals surface area contributed by atoms with E-state index in [4.69, 9.17) is 0 Å². The number of hydrogen-bond acceptors (Lipinski definition) is 3. The molecular weight excluding hydrogens is 346 g/mol. The fourth-order valence-corrected chi connectivity index (χ4v) is 3.22. The maximum Gasteiger partial charge on any atom is 0.276 e. The van der Waals surface area contributed by atoms with E-state index in [0.717, 1.165) is 17.9 Å². The minimum absolute atomic E-state index is 0.0839. The third kappa shape index (κ3) is 4.58. The van der Waals surface area contributed by atoms with Crippen LogP contribution in [0.5, 0.6) is 0 Å². The van der Waals surface area contributed by atoms with Gasteiger partial charge in [-0.25, -0.2) is 4.98 Å². The van der Waals surface area contributed by atoms with Gasteiger partial charge < -0.3 is 9.80 Å². The van der Waals surface area contributed by atoms with Gasteiger partial charge in [-0.05, 0) is 50.6 Å². The lowest BCUT2D eigenvalue weighted by Crippen LogP contribution is -2.32. The normalized spacial score (nSPS) is 10.7. The number of pyridine rings is 1. The summed E-state index contributed by atoms with van der Waals surface area (Å²) in [5.41, 5.74) is 3.60. The van der Waals surface area contributed by atoms with Crippen LogP contribution in [0.3, 0.4) is 0 Å². The van der Waals surface area contributed by atoms with E-state index in [-0.39, 0.29) is 5.91 Å². The van der Waals surface area contributed by atoms with E-state index in [1.807, 2.05) is 55.5 Å². The molecule has 1 heterocycles. The highest BCUT2D eigenvalue weighted by atomic mass is 16.2. The highest BCUT2D eigenvalue weighted by Crippen LogP contribution is 2.21. The van der Waals surface area contributed by atoms with Crippen molar-refractivity contribution in [1.29, 1.82) is 0 Å². The highest BCUT2D eigenvalue weighted by Gasteiger charge is 2.18. The summed E-state index contributed by atoms with van der Waals surface area (Å²) in [6.45, 7) is 7.70. The van der Waals surface area contributed by atoms with Crippen LogP contribution in [0.2, 0.25) is 0 Å². The van der Waals surface area contributed by atoms with Crippen molar-refractivity contribution >= 4 is 17.3 Å². The first-order valence-corrected chi connectivity index (χ1v) is 9.73. The zero-order chi connectivity index (χ0) is 19.9. The lowest BCUT2D eigenvalue weighted by molar-refractivity contribution is 0.0983. The molecule has 2 aromatic carbocycles. The average Bonchev–Trinajstić information content (AvgIpc) is 2.74. The van der Waals surface area contributed by atoms with Crippen molar-refractivity contribution in [2.45, 2.75) is 33.4 Å². The first kappa shape index (κ1) is 19.6. The Hall–Kier alpha value is -3.14. The number of aromatic nitrogens is 1. The number of hydrogen-bond donors (Lipinski definition) is 0. The molecule has 0 aliphatic rings. The van der Waals surface area contributed by atoms with Gasteiger partial charge in [0, 0.05) is 24.8 Å². The Morgan fingerprint density at radius 3 is 2.07 bits per heavy atom. The molecule has 1 amide bonds. The van der Waals surface area contributed by atoms with Crippen LogP contribution >= 0.6 is 0 Å². The molecule has 0 saturated heterocycles. The third-order valence-corrected chi connectivity index (χ3v) is 4.75. The number of benzene rings is 2. The van der Waals surface area contributed by atoms with E-state index >= 15 is 0 Å². The molecule has 4 heteroatoms. The highest BCUT2D eigenvalue weighted by molar-refractivity contribution is 6.04. The number of carbonyl (C=O) groups excluding carboxylic acids is 1. The zero-order valence-corrected chi connectivity index (χ0v) is 16.7. The van der Waals surface area contributed by atoms with Crippen LogP contribution in [-0.2, 0) is 6.54 Å². The largest absolute Gasteiger partial charge is 0.364 e. The first-order chi connectivity index (χ1) is 13.6. The second kappa shape index (κ2) is 9.18. The topological polar surface area (TPSA) is 36.4 Å². The van der Waals surface area contributed by atoms with Crippen LogP contribution < -0.4 is 9.80 Å². The molecule has 1 aromatic heterocycles. The lowest BCUT2D eigenvalue weighted by Gasteiger charge is -2.29. The Balaban J connectivity index is 1.80. The fraction of sp³-hybridized carbons (Fsp3) is 0.250. The van der Waals surface area contributed by atoms with Crippen molar-refractivity contribution in [2.24, 2.45) is 0 Å². The standard InChI is InChI=1S/C24H27N3O/c1-4-26(21-13-9-6-10-14-21)24(28)23-16-15-22(17-25-23)27(19(2)3)18-20-11-7-5-8-12-20/h5-17,19H,4,18H2,1-3H3. The molecule has 0 aliphatic carbocycles. The summed E-state index contributed by atoms with van der Waals surface area (Å²) < 4.78 is 0. The summed E-state index contributed by atoms with van der Waals surface area (Å²) in [5.74, 6) is -0.0839. The molecule has 0 unspecified atom stereocenters. The first-order valence-electron chi connectivity index (χ1n) is 9.73. The van der Waals surface area contributed by atoms with Gasteiger partial charge in [-0.2, -0.15) is 0 Å². The van der Waals surface area contributed by atoms with Gasteiger partial charge in [0.1, 0.15) is 5.69 Å². The van der Waals surface area contributed by atoms with E-state index in [0.29, 0.717) is 18.3 Å². The van der Waals surface area contributed by atoms with E-state index < -0.39 is 0 Å². The van der Waals surface area contributed by atoms with Crippen LogP contribution in [0.1, 0.15) is 36.8 Å². The summed E-state index contributed by atoms with van der Waals surface area (Å²) in [5, 5.41) is 0. The molecule has 0 aliphatic heterocycles. The van der Waals surface area contributed by atoms with E-state index in [1.54, 1.807) is 11.1 Å². The zero-order valence-electron chi connectivity index (χ0n) is 16.7. The molecule has 144 valence electrons. The Morgan fingerprint density at radius 2 is 1.54 bits per heavy atom. The van der Waals surface area contributed by atoms with Gasteiger partial charge in [0.25, 0.3) is 5.91 Å². The minimum Gasteiger partial charge on any atom is -0.364 e. The number of amides is 1. The predicted octanol–water partition coefficient (Wildman–Crippen LogP) is 5.16. The van der Waals surface area contributed by atoms with E-state index in [1.165, 1.54) is 5.56 Å². The summed E-state index contributed by atoms with van der Waals surface area (Å²) in [6, 6.07) is 24.2. The molecule has 3 rings (SSSR count). The van der Waals surface area contributed by atoms with Gasteiger partial charge in [-0.15, -0.1) is 0 Å². The second-order valence-electron chi connectivity index (χ2n) is 6.99. The maximum absolute atomic E-state index is 12.9. The molecule has 0 spiro atoms. The SMILES string of the molecule is CCN(C(=O)c1ccc(N(Cc2ccccc2)C(C)C)cn1)c1ccccc1. The van der Waals surface area contributed by atoms with Crippen molar-refractivity contribution < 1.29 is 4.79 Å². The Kier molecular flexibility index (Phi) is 6.43. The van der Waals surface area contributed by atoms with Gasteiger partial charge in [-0.1, -0.05) is 48.5 Å². The summed E-state index contributed by atoms with van der Waals surface area (Å²) in [7, 11) is 0. The van der Waals surface area contributed by atoms with Crippen molar-refractivity contribution in [3.8, 4) is 0 Å². The molecule has 0 N–H and O–H groups in total. The smallest absolute Gasteiger partial charge is 0.276 e. The molecule has 3 aromatic rings. The van der Waals surface area contributed by atoms with Crippen LogP contribution in [0.15, 0.2) is 79.0 Å². The molecule has 28 heavy (non-hydrogen) atoms. The van der Waals surface area contributed by atoms with Gasteiger partial charge in [0.2, 0.25) is 0 Å². The molecule has 0 fully saturated rings. The second-order valence-corrected chi connectivity index (χ2v) is 6.99. The maximum atomic E-state index is 12.9. The summed E-state index contributed by atoms with van der Waals surface area (Å²) >= 11 is 0. The van der Waals surface area contributed by atoms with Gasteiger partial charge in [0.15, 0.2) is 0 Å². The monoisotopic (exact) mass is 373 g/mol. The minimum atomic E-state index is -0.0839. The number of rotatable bonds is 7. The van der Waals surface area contributed by atoms with Crippen molar-refractivity contribution in [3.63, 3.8) is 0 Å². The van der Waals surface area contributed by atoms with Gasteiger partial charge in [0.05, 0.1) is 11.9 Å². The van der Waals surface area contributed by atoms with E-state index in [9.17, 15) is 4.79 Å². The number of nitrogens with zero attached hydrogens (tertiary/aromatic N) is 3. The van der Waals surface area contributed by atoms with Gasteiger partial charge in [-0.3, -0.25) is 4.79 Å². The average molecular weight is 374 g/mol. The van der Waals surface area contributed by atoms with Crippen LogP contribution in [-0.4, -0.2) is 23.5 Å². The molecule has 4 nitrogen and oxygen atoms in total. The fourth-order valence-electron chi connectivity index (χ4n) is 3.22. The number of carbonyl (C=O) groups is 1. The number of para-hydroxylation sites is 1. The van der Waals surface area contributed by atoms with Crippen LogP contribution in [0.25, 0.3) is 0 Å². The summed E-state index contributed by atoms with van der Waals surface area (Å²) in [4.78, 5) is 21.4. The quantitative estimate of drug-likeness (QED) is 0.574. The molecule has 0 bridgehead atoms. The molecule has 0 atom stereocenters. The lowest BCUT2D eigenvalue weighted by atomic mass is 10.1. The Bertz CT molecular complexity index is 877. The molecular formula is C24H27N3O.